The normalized spacial score (nSPS) is 11.9. The van der Waals surface area contributed by atoms with Crippen LogP contribution in [0.3, 0.4) is 0 Å². The molecule has 0 aliphatic carbocycles. The highest BCUT2D eigenvalue weighted by Crippen LogP contribution is 2.13. The first kappa shape index (κ1) is 16.9. The van der Waals surface area contributed by atoms with Gasteiger partial charge in [0.2, 0.25) is 5.91 Å². The maximum Gasteiger partial charge on any atom is 0.251 e. The molecule has 3 rings (SSSR count). The summed E-state index contributed by atoms with van der Waals surface area (Å²) < 4.78 is 0. The molecule has 0 unspecified atom stereocenters. The third kappa shape index (κ3) is 4.14. The first-order valence-electron chi connectivity index (χ1n) is 7.73. The van der Waals surface area contributed by atoms with E-state index in [1.807, 2.05) is 36.4 Å². The largest absolute Gasteiger partial charge is 0.368 e. The van der Waals surface area contributed by atoms with Crippen LogP contribution in [-0.4, -0.2) is 22.8 Å². The molecule has 5 nitrogen and oxygen atoms in total. The Morgan fingerprint density at radius 1 is 1.04 bits per heavy atom. The number of benzene rings is 2. The fourth-order valence-electron chi connectivity index (χ4n) is 2.50. The van der Waals surface area contributed by atoms with Crippen LogP contribution in [0.2, 0.25) is 5.02 Å². The molecule has 1 atom stereocenters. The average molecular weight is 354 g/mol. The number of hydrogen-bond donors (Lipinski definition) is 2. The molecule has 1 heterocycles. The second-order valence-electron chi connectivity index (χ2n) is 5.63. The van der Waals surface area contributed by atoms with Gasteiger partial charge in [0.05, 0.1) is 5.52 Å². The molecular formula is C19H16ClN3O2. The van der Waals surface area contributed by atoms with Crippen LogP contribution in [0.15, 0.2) is 60.7 Å². The Labute approximate surface area is 149 Å². The number of rotatable bonds is 5. The topological polar surface area (TPSA) is 85.1 Å². The summed E-state index contributed by atoms with van der Waals surface area (Å²) in [5.41, 5.74) is 7.36. The number of nitrogens with zero attached hydrogens (tertiary/aromatic N) is 1. The number of primary amides is 1. The number of carbonyl (C=O) groups excluding carboxylic acids is 2. The zero-order chi connectivity index (χ0) is 17.8. The lowest BCUT2D eigenvalue weighted by Gasteiger charge is -2.15. The summed E-state index contributed by atoms with van der Waals surface area (Å²) in [5, 5.41) is 4.19. The Kier molecular flexibility index (Phi) is 4.95. The lowest BCUT2D eigenvalue weighted by Crippen LogP contribution is -2.46. The van der Waals surface area contributed by atoms with Gasteiger partial charge in [0.1, 0.15) is 6.04 Å². The molecule has 25 heavy (non-hydrogen) atoms. The summed E-state index contributed by atoms with van der Waals surface area (Å²) in [6.45, 7) is 0. The fraction of sp³-hybridized carbons (Fsp3) is 0.105. The molecule has 0 radical (unpaired) electrons. The van der Waals surface area contributed by atoms with Crippen molar-refractivity contribution in [1.29, 1.82) is 0 Å². The van der Waals surface area contributed by atoms with Crippen molar-refractivity contribution in [2.24, 2.45) is 5.73 Å². The van der Waals surface area contributed by atoms with Crippen LogP contribution < -0.4 is 11.1 Å². The summed E-state index contributed by atoms with van der Waals surface area (Å²) >= 11 is 5.81. The van der Waals surface area contributed by atoms with E-state index in [2.05, 4.69) is 10.3 Å². The summed E-state index contributed by atoms with van der Waals surface area (Å²) in [4.78, 5) is 28.6. The zero-order valence-electron chi connectivity index (χ0n) is 13.3. The molecule has 0 aliphatic rings. The van der Waals surface area contributed by atoms with Gasteiger partial charge in [-0.25, -0.2) is 0 Å². The molecule has 2 aromatic carbocycles. The predicted octanol–water partition coefficient (Wildman–Crippen LogP) is 2.71. The number of aromatic nitrogens is 1. The van der Waals surface area contributed by atoms with Gasteiger partial charge < -0.3 is 11.1 Å². The third-order valence-corrected chi connectivity index (χ3v) is 4.08. The van der Waals surface area contributed by atoms with E-state index in [9.17, 15) is 9.59 Å². The van der Waals surface area contributed by atoms with Crippen molar-refractivity contribution in [3.63, 3.8) is 0 Å². The lowest BCUT2D eigenvalue weighted by atomic mass is 10.1. The molecule has 0 aliphatic heterocycles. The van der Waals surface area contributed by atoms with Gasteiger partial charge >= 0.3 is 0 Å². The van der Waals surface area contributed by atoms with Gasteiger partial charge in [0, 0.05) is 28.1 Å². The second-order valence-corrected chi connectivity index (χ2v) is 6.07. The number of nitrogens with one attached hydrogen (secondary N) is 1. The number of carbonyl (C=O) groups is 2. The number of nitrogens with two attached hydrogens (primary N) is 1. The number of pyridine rings is 1. The van der Waals surface area contributed by atoms with E-state index in [1.54, 1.807) is 24.3 Å². The van der Waals surface area contributed by atoms with Crippen molar-refractivity contribution in [1.82, 2.24) is 10.3 Å². The van der Waals surface area contributed by atoms with Crippen LogP contribution in [0, 0.1) is 0 Å². The van der Waals surface area contributed by atoms with Crippen LogP contribution in [0.25, 0.3) is 10.9 Å². The molecule has 0 saturated carbocycles. The fourth-order valence-corrected chi connectivity index (χ4v) is 2.62. The van der Waals surface area contributed by atoms with Crippen LogP contribution in [0.4, 0.5) is 0 Å². The maximum atomic E-state index is 12.3. The van der Waals surface area contributed by atoms with Gasteiger partial charge in [-0.2, -0.15) is 0 Å². The van der Waals surface area contributed by atoms with Gasteiger partial charge in [-0.3, -0.25) is 14.6 Å². The maximum absolute atomic E-state index is 12.3. The van der Waals surface area contributed by atoms with E-state index in [0.29, 0.717) is 16.3 Å². The predicted molar refractivity (Wildman–Crippen MR) is 97.3 cm³/mol. The molecule has 0 fully saturated rings. The van der Waals surface area contributed by atoms with Crippen molar-refractivity contribution in [3.8, 4) is 0 Å². The molecule has 3 aromatic rings. The van der Waals surface area contributed by atoms with Gasteiger partial charge in [0.25, 0.3) is 5.91 Å². The molecule has 126 valence electrons. The van der Waals surface area contributed by atoms with E-state index in [4.69, 9.17) is 17.3 Å². The summed E-state index contributed by atoms with van der Waals surface area (Å²) in [5.74, 6) is -1.00. The molecule has 1 aromatic heterocycles. The Morgan fingerprint density at radius 3 is 2.48 bits per heavy atom. The highest BCUT2D eigenvalue weighted by Gasteiger charge is 2.20. The first-order chi connectivity index (χ1) is 12.0. The Bertz CT molecular complexity index is 925. The van der Waals surface area contributed by atoms with Crippen molar-refractivity contribution >= 4 is 34.3 Å². The van der Waals surface area contributed by atoms with Crippen molar-refractivity contribution in [3.05, 3.63) is 76.9 Å². The number of halogens is 1. The average Bonchev–Trinajstić information content (AvgIpc) is 2.61. The zero-order valence-corrected chi connectivity index (χ0v) is 14.0. The molecule has 3 N–H and O–H groups in total. The first-order valence-corrected chi connectivity index (χ1v) is 8.11. The molecular weight excluding hydrogens is 338 g/mol. The smallest absolute Gasteiger partial charge is 0.251 e. The quantitative estimate of drug-likeness (QED) is 0.739. The minimum Gasteiger partial charge on any atom is -0.368 e. The second kappa shape index (κ2) is 7.32. The van der Waals surface area contributed by atoms with Crippen LogP contribution in [0.1, 0.15) is 16.1 Å². The highest BCUT2D eigenvalue weighted by atomic mass is 35.5. The molecule has 0 saturated heterocycles. The van der Waals surface area contributed by atoms with Gasteiger partial charge in [-0.15, -0.1) is 0 Å². The number of hydrogen-bond acceptors (Lipinski definition) is 3. The number of para-hydroxylation sites is 1. The van der Waals surface area contributed by atoms with Crippen molar-refractivity contribution < 1.29 is 9.59 Å². The molecule has 0 spiro atoms. The van der Waals surface area contributed by atoms with Crippen molar-refractivity contribution in [2.45, 2.75) is 12.5 Å². The van der Waals surface area contributed by atoms with Gasteiger partial charge in [-0.1, -0.05) is 35.9 Å². The SMILES string of the molecule is NC(=O)[C@@H](Cc1ccc2ccccc2n1)NC(=O)c1ccc(Cl)cc1. The standard InChI is InChI=1S/C19H16ClN3O2/c20-14-8-5-13(6-9-14)19(25)23-17(18(21)24)11-15-10-7-12-3-1-2-4-16(12)22-15/h1-10,17H,11H2,(H2,21,24)(H,23,25)/t17-/m1/s1. The Morgan fingerprint density at radius 2 is 1.76 bits per heavy atom. The summed E-state index contributed by atoms with van der Waals surface area (Å²) in [7, 11) is 0. The minimum absolute atomic E-state index is 0.222. The molecule has 2 amide bonds. The van der Waals surface area contributed by atoms with E-state index < -0.39 is 11.9 Å². The molecule has 6 heteroatoms. The number of fused-ring (bicyclic) bond motifs is 1. The Hall–Kier alpha value is -2.92. The third-order valence-electron chi connectivity index (χ3n) is 3.82. The van der Waals surface area contributed by atoms with E-state index in [-0.39, 0.29) is 12.3 Å². The van der Waals surface area contributed by atoms with E-state index >= 15 is 0 Å². The van der Waals surface area contributed by atoms with Crippen LogP contribution in [0.5, 0.6) is 0 Å². The van der Waals surface area contributed by atoms with Gasteiger partial charge in [-0.05, 0) is 36.4 Å². The highest BCUT2D eigenvalue weighted by molar-refractivity contribution is 6.30. The molecule has 0 bridgehead atoms. The van der Waals surface area contributed by atoms with E-state index in [1.165, 1.54) is 0 Å². The van der Waals surface area contributed by atoms with E-state index in [0.717, 1.165) is 10.9 Å². The number of amides is 2. The van der Waals surface area contributed by atoms with Crippen LogP contribution >= 0.6 is 11.6 Å². The monoisotopic (exact) mass is 353 g/mol. The Balaban J connectivity index is 1.77. The van der Waals surface area contributed by atoms with Gasteiger partial charge in [0.15, 0.2) is 0 Å². The minimum atomic E-state index is -0.850. The summed E-state index contributed by atoms with van der Waals surface area (Å²) in [6, 6.07) is 17.0. The van der Waals surface area contributed by atoms with Crippen molar-refractivity contribution in [2.75, 3.05) is 0 Å². The summed E-state index contributed by atoms with van der Waals surface area (Å²) in [6.07, 6.45) is 0.222. The lowest BCUT2D eigenvalue weighted by molar-refractivity contribution is -0.119. The van der Waals surface area contributed by atoms with Crippen LogP contribution in [-0.2, 0) is 11.2 Å².